The van der Waals surface area contributed by atoms with Gasteiger partial charge in [-0.3, -0.25) is 0 Å². The third-order valence-corrected chi connectivity index (χ3v) is 3.16. The maximum absolute atomic E-state index is 5.53. The molecule has 0 aliphatic rings. The molecule has 1 heteroatoms. The van der Waals surface area contributed by atoms with Crippen LogP contribution in [-0.4, -0.2) is 6.54 Å². The van der Waals surface area contributed by atoms with Gasteiger partial charge in [-0.1, -0.05) is 32.0 Å². The van der Waals surface area contributed by atoms with Gasteiger partial charge in [-0.25, -0.2) is 0 Å². The van der Waals surface area contributed by atoms with Gasteiger partial charge in [0.2, 0.25) is 0 Å². The Morgan fingerprint density at radius 1 is 1.33 bits per heavy atom. The van der Waals surface area contributed by atoms with E-state index in [1.165, 1.54) is 23.1 Å². The van der Waals surface area contributed by atoms with Crippen LogP contribution in [0.25, 0.3) is 0 Å². The van der Waals surface area contributed by atoms with E-state index < -0.39 is 0 Å². The fourth-order valence-electron chi connectivity index (χ4n) is 1.90. The van der Waals surface area contributed by atoms with E-state index in [9.17, 15) is 0 Å². The van der Waals surface area contributed by atoms with Crippen LogP contribution in [0, 0.1) is 6.92 Å². The normalized spacial score (nSPS) is 12.8. The lowest BCUT2D eigenvalue weighted by Crippen LogP contribution is -2.02. The van der Waals surface area contributed by atoms with Gasteiger partial charge in [-0.2, -0.15) is 0 Å². The first-order valence-corrected chi connectivity index (χ1v) is 5.98. The smallest absolute Gasteiger partial charge is 0.00741 e. The Hall–Kier alpha value is -0.820. The molecular weight excluding hydrogens is 182 g/mol. The monoisotopic (exact) mass is 205 g/mol. The van der Waals surface area contributed by atoms with Crippen LogP contribution in [0.3, 0.4) is 0 Å². The maximum atomic E-state index is 5.53. The van der Waals surface area contributed by atoms with Gasteiger partial charge in [0.15, 0.2) is 0 Å². The minimum Gasteiger partial charge on any atom is -0.330 e. The Balaban J connectivity index is 2.84. The number of hydrogen-bond donors (Lipinski definition) is 1. The number of benzene rings is 1. The second kappa shape index (κ2) is 5.92. The van der Waals surface area contributed by atoms with Crippen LogP contribution >= 0.6 is 0 Å². The van der Waals surface area contributed by atoms with Crippen molar-refractivity contribution in [3.8, 4) is 0 Å². The molecule has 0 aliphatic heterocycles. The predicted molar refractivity (Wildman–Crippen MR) is 67.3 cm³/mol. The minimum atomic E-state index is 0.669. The highest BCUT2D eigenvalue weighted by atomic mass is 14.5. The van der Waals surface area contributed by atoms with Gasteiger partial charge in [0.25, 0.3) is 0 Å². The lowest BCUT2D eigenvalue weighted by atomic mass is 9.92. The van der Waals surface area contributed by atoms with Crippen molar-refractivity contribution < 1.29 is 0 Å². The molecule has 0 saturated heterocycles. The molecule has 0 bridgehead atoms. The summed E-state index contributed by atoms with van der Waals surface area (Å²) in [5.41, 5.74) is 9.89. The van der Waals surface area contributed by atoms with Gasteiger partial charge in [0, 0.05) is 0 Å². The third-order valence-electron chi connectivity index (χ3n) is 3.16. The zero-order chi connectivity index (χ0) is 11.3. The van der Waals surface area contributed by atoms with Gasteiger partial charge in [0.05, 0.1) is 0 Å². The first-order chi connectivity index (χ1) is 7.19. The fraction of sp³-hybridized carbons (Fsp3) is 0.571. The highest BCUT2D eigenvalue weighted by molar-refractivity contribution is 5.33. The summed E-state index contributed by atoms with van der Waals surface area (Å²) in [6, 6.07) is 6.84. The van der Waals surface area contributed by atoms with Gasteiger partial charge in [-0.05, 0) is 55.3 Å². The number of nitrogens with two attached hydrogens (primary N) is 1. The molecule has 0 fully saturated rings. The Morgan fingerprint density at radius 2 is 2.07 bits per heavy atom. The largest absolute Gasteiger partial charge is 0.330 e. The molecule has 1 nitrogen and oxygen atoms in total. The second-order valence-electron chi connectivity index (χ2n) is 4.39. The van der Waals surface area contributed by atoms with Crippen LogP contribution in [0.5, 0.6) is 0 Å². The van der Waals surface area contributed by atoms with Crippen LogP contribution < -0.4 is 5.73 Å². The molecule has 2 N–H and O–H groups in total. The summed E-state index contributed by atoms with van der Waals surface area (Å²) >= 11 is 0. The van der Waals surface area contributed by atoms with Gasteiger partial charge in [0.1, 0.15) is 0 Å². The highest BCUT2D eigenvalue weighted by Gasteiger charge is 2.06. The summed E-state index contributed by atoms with van der Waals surface area (Å²) < 4.78 is 0. The summed E-state index contributed by atoms with van der Waals surface area (Å²) in [7, 11) is 0. The van der Waals surface area contributed by atoms with E-state index in [1.807, 2.05) is 0 Å². The molecule has 0 saturated carbocycles. The Morgan fingerprint density at radius 3 is 2.67 bits per heavy atom. The van der Waals surface area contributed by atoms with E-state index in [4.69, 9.17) is 5.73 Å². The van der Waals surface area contributed by atoms with Crippen molar-refractivity contribution in [2.45, 2.75) is 46.0 Å². The third kappa shape index (κ3) is 3.35. The van der Waals surface area contributed by atoms with E-state index >= 15 is 0 Å². The Bertz CT molecular complexity index is 304. The first-order valence-electron chi connectivity index (χ1n) is 5.98. The van der Waals surface area contributed by atoms with E-state index in [1.54, 1.807) is 0 Å². The number of aryl methyl sites for hydroxylation is 2. The maximum Gasteiger partial charge on any atom is -0.00741 e. The highest BCUT2D eigenvalue weighted by Crippen LogP contribution is 2.23. The van der Waals surface area contributed by atoms with E-state index in [0.717, 1.165) is 19.4 Å². The molecule has 1 aromatic rings. The second-order valence-corrected chi connectivity index (χ2v) is 4.39. The molecule has 1 atom stereocenters. The quantitative estimate of drug-likeness (QED) is 0.783. The van der Waals surface area contributed by atoms with Crippen molar-refractivity contribution in [1.82, 2.24) is 0 Å². The van der Waals surface area contributed by atoms with Crippen LogP contribution in [0.2, 0.25) is 0 Å². The summed E-state index contributed by atoms with van der Waals surface area (Å²) in [4.78, 5) is 0. The van der Waals surface area contributed by atoms with Crippen molar-refractivity contribution in [3.63, 3.8) is 0 Å². The topological polar surface area (TPSA) is 26.0 Å². The molecule has 84 valence electrons. The molecule has 0 heterocycles. The molecule has 0 amide bonds. The Labute approximate surface area is 93.7 Å². The van der Waals surface area contributed by atoms with Gasteiger partial charge in [-0.15, -0.1) is 0 Å². The lowest BCUT2D eigenvalue weighted by Gasteiger charge is -2.14. The lowest BCUT2D eigenvalue weighted by molar-refractivity contribution is 0.724. The summed E-state index contributed by atoms with van der Waals surface area (Å²) in [6.45, 7) is 7.53. The SMILES string of the molecule is CCC(C)c1cc(CCCN)ccc1C. The summed E-state index contributed by atoms with van der Waals surface area (Å²) in [5, 5.41) is 0. The summed E-state index contributed by atoms with van der Waals surface area (Å²) in [5.74, 6) is 0.669. The van der Waals surface area contributed by atoms with E-state index in [-0.39, 0.29) is 0 Å². The fourth-order valence-corrected chi connectivity index (χ4v) is 1.90. The molecule has 0 aromatic heterocycles. The van der Waals surface area contributed by atoms with Crippen LogP contribution in [-0.2, 0) is 6.42 Å². The number of rotatable bonds is 5. The van der Waals surface area contributed by atoms with Crippen LogP contribution in [0.1, 0.15) is 49.3 Å². The molecule has 0 spiro atoms. The van der Waals surface area contributed by atoms with Crippen molar-refractivity contribution in [2.24, 2.45) is 5.73 Å². The van der Waals surface area contributed by atoms with Crippen molar-refractivity contribution in [3.05, 3.63) is 34.9 Å². The molecule has 15 heavy (non-hydrogen) atoms. The van der Waals surface area contributed by atoms with E-state index in [0.29, 0.717) is 5.92 Å². The van der Waals surface area contributed by atoms with Crippen molar-refractivity contribution in [2.75, 3.05) is 6.54 Å². The first kappa shape index (κ1) is 12.3. The van der Waals surface area contributed by atoms with E-state index in [2.05, 4.69) is 39.0 Å². The van der Waals surface area contributed by atoms with Crippen LogP contribution in [0.4, 0.5) is 0 Å². The molecule has 0 radical (unpaired) electrons. The van der Waals surface area contributed by atoms with Crippen molar-refractivity contribution in [1.29, 1.82) is 0 Å². The molecule has 0 aliphatic carbocycles. The van der Waals surface area contributed by atoms with Crippen LogP contribution in [0.15, 0.2) is 18.2 Å². The zero-order valence-electron chi connectivity index (χ0n) is 10.2. The minimum absolute atomic E-state index is 0.669. The van der Waals surface area contributed by atoms with Crippen molar-refractivity contribution >= 4 is 0 Å². The average Bonchev–Trinajstić information content (AvgIpc) is 2.27. The van der Waals surface area contributed by atoms with Gasteiger partial charge >= 0.3 is 0 Å². The zero-order valence-corrected chi connectivity index (χ0v) is 10.2. The predicted octanol–water partition coefficient (Wildman–Crippen LogP) is 3.40. The molecular formula is C14H23N. The van der Waals surface area contributed by atoms with Gasteiger partial charge < -0.3 is 5.73 Å². The average molecular weight is 205 g/mol. The molecule has 1 aromatic carbocycles. The molecule has 1 rings (SSSR count). The Kier molecular flexibility index (Phi) is 4.83. The standard InChI is InChI=1S/C14H23N/c1-4-11(2)14-10-13(6-5-9-15)8-7-12(14)3/h7-8,10-11H,4-6,9,15H2,1-3H3. The number of hydrogen-bond acceptors (Lipinski definition) is 1. The summed E-state index contributed by atoms with van der Waals surface area (Å²) in [6.07, 6.45) is 3.41. The molecule has 1 unspecified atom stereocenters.